The third-order valence-electron chi connectivity index (χ3n) is 5.33. The number of hydrogen-bond acceptors (Lipinski definition) is 6. The van der Waals surface area contributed by atoms with Crippen LogP contribution >= 0.6 is 11.3 Å². The van der Waals surface area contributed by atoms with Crippen LogP contribution in [0.4, 0.5) is 11.5 Å². The molecule has 2 aromatic heterocycles. The summed E-state index contributed by atoms with van der Waals surface area (Å²) in [7, 11) is 0. The molecule has 2 fully saturated rings. The largest absolute Gasteiger partial charge is 0.357 e. The van der Waals surface area contributed by atoms with E-state index in [0.29, 0.717) is 13.1 Å². The number of amides is 1. The van der Waals surface area contributed by atoms with Crippen molar-refractivity contribution in [2.45, 2.75) is 12.8 Å². The first-order valence-corrected chi connectivity index (χ1v) is 10.4. The van der Waals surface area contributed by atoms with Crippen LogP contribution < -0.4 is 9.80 Å². The highest BCUT2D eigenvalue weighted by molar-refractivity contribution is 7.21. The van der Waals surface area contributed by atoms with Crippen molar-refractivity contribution >= 4 is 39.0 Å². The first-order valence-electron chi connectivity index (χ1n) is 11.1. The van der Waals surface area contributed by atoms with Crippen LogP contribution in [0.1, 0.15) is 17.0 Å². The van der Waals surface area contributed by atoms with Gasteiger partial charge in [-0.2, -0.15) is 0 Å². The lowest BCUT2D eigenvalue weighted by molar-refractivity contribution is -0.120. The predicted molar refractivity (Wildman–Crippen MR) is 114 cm³/mol. The molecule has 0 spiro atoms. The average Bonchev–Trinajstić information content (AvgIpc) is 3.43. The normalized spacial score (nSPS) is 20.4. The second-order valence-electron chi connectivity index (χ2n) is 7.24. The predicted octanol–water partition coefficient (Wildman–Crippen LogP) is 3.24. The fraction of sp³-hybridized carbons (Fsp3) is 0.381. The van der Waals surface area contributed by atoms with E-state index in [1.54, 1.807) is 16.2 Å². The summed E-state index contributed by atoms with van der Waals surface area (Å²) >= 11 is 1.57. The van der Waals surface area contributed by atoms with E-state index in [4.69, 9.17) is 9.10 Å². The van der Waals surface area contributed by atoms with Gasteiger partial charge in [-0.05, 0) is 50.1 Å². The second kappa shape index (κ2) is 7.14. The third-order valence-corrected chi connectivity index (χ3v) is 6.40. The maximum atomic E-state index is 12.6. The smallest absolute Gasteiger partial charge is 0.241 e. The first-order chi connectivity index (χ1) is 14.9. The number of fused-ring (bicyclic) bond motifs is 1. The van der Waals surface area contributed by atoms with Crippen molar-refractivity contribution in [3.8, 4) is 10.6 Å². The number of benzene rings is 1. The molecular weight excluding hydrogens is 370 g/mol. The highest BCUT2D eigenvalue weighted by atomic mass is 32.1. The molecule has 0 radical (unpaired) electrons. The van der Waals surface area contributed by atoms with Crippen LogP contribution in [-0.2, 0) is 4.79 Å². The fourth-order valence-corrected chi connectivity index (χ4v) is 4.79. The number of piperazine rings is 1. The number of anilines is 2. The second-order valence-corrected chi connectivity index (χ2v) is 8.27. The van der Waals surface area contributed by atoms with Gasteiger partial charge in [0.2, 0.25) is 5.91 Å². The van der Waals surface area contributed by atoms with Gasteiger partial charge in [-0.3, -0.25) is 9.69 Å². The van der Waals surface area contributed by atoms with Gasteiger partial charge in [0.15, 0.2) is 0 Å². The Morgan fingerprint density at radius 2 is 2.00 bits per heavy atom. The minimum absolute atomic E-state index is 0.0997. The number of hydrogen-bond donors (Lipinski definition) is 0. The Hall–Kier alpha value is -2.51. The quantitative estimate of drug-likeness (QED) is 0.677. The number of nitrogens with zero attached hydrogens (tertiary/aromatic N) is 5. The molecule has 2 aliphatic heterocycles. The number of likely N-dealkylation sites (N-methyl/N-ethyl adjacent to an activating group) is 1. The zero-order chi connectivity index (χ0) is 21.6. The van der Waals surface area contributed by atoms with E-state index in [1.165, 1.54) is 17.7 Å². The van der Waals surface area contributed by atoms with Crippen LogP contribution in [0.2, 0.25) is 0 Å². The van der Waals surface area contributed by atoms with Crippen molar-refractivity contribution in [1.29, 1.82) is 0 Å². The minimum Gasteiger partial charge on any atom is -0.357 e. The molecule has 0 bridgehead atoms. The lowest BCUT2D eigenvalue weighted by atomic mass is 10.2. The van der Waals surface area contributed by atoms with E-state index in [1.807, 2.05) is 24.4 Å². The molecule has 1 amide bonds. The summed E-state index contributed by atoms with van der Waals surface area (Å²) in [5, 5.41) is 0.895. The van der Waals surface area contributed by atoms with E-state index in [0.717, 1.165) is 45.4 Å². The van der Waals surface area contributed by atoms with E-state index < -0.39 is 6.98 Å². The molecule has 7 heteroatoms. The summed E-state index contributed by atoms with van der Waals surface area (Å²) < 4.78 is 23.5. The summed E-state index contributed by atoms with van der Waals surface area (Å²) in [6.07, 6.45) is 4.32. The first kappa shape index (κ1) is 14.5. The maximum Gasteiger partial charge on any atom is 0.241 e. The molecular formula is C21H23N5OS. The summed E-state index contributed by atoms with van der Waals surface area (Å²) in [5.41, 5.74) is 2.63. The van der Waals surface area contributed by atoms with Gasteiger partial charge in [0, 0.05) is 47.7 Å². The lowest BCUT2D eigenvalue weighted by Gasteiger charge is -2.32. The molecule has 144 valence electrons. The molecule has 4 heterocycles. The van der Waals surface area contributed by atoms with Crippen molar-refractivity contribution in [3.05, 3.63) is 36.5 Å². The molecule has 0 aliphatic carbocycles. The van der Waals surface area contributed by atoms with E-state index in [-0.39, 0.29) is 12.5 Å². The van der Waals surface area contributed by atoms with Gasteiger partial charge in [0.1, 0.15) is 10.8 Å². The molecule has 0 unspecified atom stereocenters. The minimum atomic E-state index is -2.24. The van der Waals surface area contributed by atoms with Crippen molar-refractivity contribution < 1.29 is 8.91 Å². The van der Waals surface area contributed by atoms with E-state index in [2.05, 4.69) is 22.0 Å². The Morgan fingerprint density at radius 3 is 2.75 bits per heavy atom. The Bertz CT molecular complexity index is 1110. The van der Waals surface area contributed by atoms with Crippen molar-refractivity contribution in [2.24, 2.45) is 0 Å². The molecule has 0 N–H and O–H groups in total. The average molecular weight is 400 g/mol. The molecule has 5 rings (SSSR count). The van der Waals surface area contributed by atoms with Crippen LogP contribution in [0.3, 0.4) is 0 Å². The van der Waals surface area contributed by atoms with Crippen LogP contribution in [-0.4, -0.2) is 60.5 Å². The highest BCUT2D eigenvalue weighted by Crippen LogP contribution is 2.33. The molecule has 2 saturated heterocycles. The lowest BCUT2D eigenvalue weighted by Crippen LogP contribution is -2.48. The number of rotatable bonds is 3. The zero-order valence-corrected chi connectivity index (χ0v) is 16.3. The Labute approximate surface area is 172 Å². The Morgan fingerprint density at radius 1 is 1.11 bits per heavy atom. The van der Waals surface area contributed by atoms with E-state index in [9.17, 15) is 4.79 Å². The Kier molecular flexibility index (Phi) is 3.70. The van der Waals surface area contributed by atoms with Crippen LogP contribution in [0.15, 0.2) is 36.5 Å². The molecule has 6 nitrogen and oxygen atoms in total. The SMILES string of the molecule is [3H]C([3H])([3H])N1CCN(c2ccc3nc(-c4ccc(N5CCCC5)nc4)sc3c2)C(=O)C1. The van der Waals surface area contributed by atoms with Crippen LogP contribution in [0.25, 0.3) is 20.8 Å². The van der Waals surface area contributed by atoms with Gasteiger partial charge in [-0.15, -0.1) is 11.3 Å². The summed E-state index contributed by atoms with van der Waals surface area (Å²) in [6.45, 7) is 0.471. The number of aromatic nitrogens is 2. The van der Waals surface area contributed by atoms with Crippen molar-refractivity contribution in [2.75, 3.05) is 49.5 Å². The highest BCUT2D eigenvalue weighted by Gasteiger charge is 2.23. The topological polar surface area (TPSA) is 52.6 Å². The molecule has 2 aliphatic rings. The van der Waals surface area contributed by atoms with Crippen LogP contribution in [0.5, 0.6) is 0 Å². The Balaban J connectivity index is 1.36. The summed E-state index contributed by atoms with van der Waals surface area (Å²) in [6, 6.07) is 9.88. The zero-order valence-electron chi connectivity index (χ0n) is 18.5. The number of pyridine rings is 1. The van der Waals surface area contributed by atoms with Crippen LogP contribution in [0, 0.1) is 0 Å². The monoisotopic (exact) mass is 399 g/mol. The van der Waals surface area contributed by atoms with Gasteiger partial charge >= 0.3 is 0 Å². The molecule has 3 aromatic rings. The fourth-order valence-electron chi connectivity index (χ4n) is 3.80. The number of thiazole rings is 1. The van der Waals surface area contributed by atoms with E-state index >= 15 is 0 Å². The third kappa shape index (κ3) is 3.25. The van der Waals surface area contributed by atoms with Gasteiger partial charge < -0.3 is 9.80 Å². The number of carbonyl (C=O) groups excluding carboxylic acids is 1. The van der Waals surface area contributed by atoms with Gasteiger partial charge in [0.05, 0.1) is 16.8 Å². The molecule has 0 saturated carbocycles. The van der Waals surface area contributed by atoms with Crippen molar-refractivity contribution in [3.63, 3.8) is 0 Å². The summed E-state index contributed by atoms with van der Waals surface area (Å²) in [4.78, 5) is 27.1. The molecule has 1 aromatic carbocycles. The molecule has 0 atom stereocenters. The van der Waals surface area contributed by atoms with Gasteiger partial charge in [-0.25, -0.2) is 9.97 Å². The van der Waals surface area contributed by atoms with Crippen molar-refractivity contribution in [1.82, 2.24) is 14.9 Å². The van der Waals surface area contributed by atoms with Gasteiger partial charge in [-0.1, -0.05) is 0 Å². The molecule has 28 heavy (non-hydrogen) atoms. The van der Waals surface area contributed by atoms with Gasteiger partial charge in [0.25, 0.3) is 0 Å². The summed E-state index contributed by atoms with van der Waals surface area (Å²) in [5.74, 6) is 0.813. The maximum absolute atomic E-state index is 12.6. The standard InChI is InChI=1S/C21H23N5OS/c1-24-10-11-26(20(27)14-24)16-5-6-17-18(12-16)28-21(23-17)15-4-7-19(22-13-15)25-8-2-3-9-25/h4-7,12-13H,2-3,8-11,14H2,1H3/i1T3. The number of carbonyl (C=O) groups is 1.